The molecule has 0 saturated heterocycles. The molecule has 1 heterocycles. The fourth-order valence-corrected chi connectivity index (χ4v) is 1.02. The van der Waals surface area contributed by atoms with Crippen molar-refractivity contribution in [2.45, 2.75) is 6.92 Å². The lowest BCUT2D eigenvalue weighted by Crippen LogP contribution is -2.18. The standard InChI is InChI=1S/C8H11N5O4/c1-2-17-6(14)4-10-7-5(13(15)16)3-11-8(9)12-7/h3H,2,4H2,1H3,(H3,9,10,11,12). The number of carbonyl (C=O) groups excluding carboxylic acids is 1. The minimum Gasteiger partial charge on any atom is -0.465 e. The zero-order valence-corrected chi connectivity index (χ0v) is 9.04. The zero-order valence-electron chi connectivity index (χ0n) is 9.04. The Morgan fingerprint density at radius 3 is 3.00 bits per heavy atom. The number of anilines is 2. The van der Waals surface area contributed by atoms with Gasteiger partial charge in [-0.25, -0.2) is 4.98 Å². The lowest BCUT2D eigenvalue weighted by atomic mass is 10.4. The topological polar surface area (TPSA) is 133 Å². The highest BCUT2D eigenvalue weighted by molar-refractivity contribution is 5.75. The lowest BCUT2D eigenvalue weighted by molar-refractivity contribution is -0.384. The molecule has 0 aliphatic rings. The maximum absolute atomic E-state index is 11.1. The van der Waals surface area contributed by atoms with Gasteiger partial charge in [-0.05, 0) is 6.92 Å². The summed E-state index contributed by atoms with van der Waals surface area (Å²) in [6, 6.07) is 0. The predicted molar refractivity (Wildman–Crippen MR) is 58.2 cm³/mol. The number of hydrogen-bond donors (Lipinski definition) is 2. The van der Waals surface area contributed by atoms with E-state index in [1.54, 1.807) is 6.92 Å². The molecule has 0 saturated carbocycles. The molecule has 1 aromatic rings. The number of nitrogens with two attached hydrogens (primary N) is 1. The largest absolute Gasteiger partial charge is 0.465 e. The van der Waals surface area contributed by atoms with Crippen molar-refractivity contribution in [3.8, 4) is 0 Å². The molecule has 0 atom stereocenters. The van der Waals surface area contributed by atoms with Crippen LogP contribution < -0.4 is 11.1 Å². The van der Waals surface area contributed by atoms with Gasteiger partial charge in [-0.2, -0.15) is 4.98 Å². The van der Waals surface area contributed by atoms with Crippen LogP contribution in [0.4, 0.5) is 17.5 Å². The van der Waals surface area contributed by atoms with Gasteiger partial charge in [0, 0.05) is 0 Å². The Hall–Kier alpha value is -2.45. The second-order valence-corrected chi connectivity index (χ2v) is 2.88. The van der Waals surface area contributed by atoms with Crippen LogP contribution in [0.2, 0.25) is 0 Å². The number of hydrogen-bond acceptors (Lipinski definition) is 8. The van der Waals surface area contributed by atoms with E-state index in [-0.39, 0.29) is 30.6 Å². The molecule has 0 aliphatic heterocycles. The Morgan fingerprint density at radius 2 is 2.41 bits per heavy atom. The Morgan fingerprint density at radius 1 is 1.71 bits per heavy atom. The van der Waals surface area contributed by atoms with E-state index in [1.807, 2.05) is 0 Å². The van der Waals surface area contributed by atoms with Gasteiger partial charge in [0.05, 0.1) is 11.5 Å². The third-order valence-corrected chi connectivity index (χ3v) is 1.69. The molecule has 0 unspecified atom stereocenters. The third-order valence-electron chi connectivity index (χ3n) is 1.69. The Labute approximate surface area is 96.1 Å². The number of ether oxygens (including phenoxy) is 1. The van der Waals surface area contributed by atoms with Crippen LogP contribution in [0.5, 0.6) is 0 Å². The van der Waals surface area contributed by atoms with Crippen LogP contribution in [0.1, 0.15) is 6.92 Å². The molecule has 17 heavy (non-hydrogen) atoms. The monoisotopic (exact) mass is 241 g/mol. The molecular weight excluding hydrogens is 230 g/mol. The van der Waals surface area contributed by atoms with Gasteiger partial charge in [-0.15, -0.1) is 0 Å². The van der Waals surface area contributed by atoms with E-state index in [9.17, 15) is 14.9 Å². The molecule has 9 nitrogen and oxygen atoms in total. The number of carbonyl (C=O) groups is 1. The molecule has 0 spiro atoms. The van der Waals surface area contributed by atoms with Gasteiger partial charge < -0.3 is 15.8 Å². The lowest BCUT2D eigenvalue weighted by Gasteiger charge is -2.05. The number of esters is 1. The predicted octanol–water partition coefficient (Wildman–Crippen LogP) is -0.0580. The van der Waals surface area contributed by atoms with Crippen LogP contribution in [0.25, 0.3) is 0 Å². The van der Waals surface area contributed by atoms with Crippen molar-refractivity contribution >= 4 is 23.4 Å². The van der Waals surface area contributed by atoms with Crippen LogP contribution in [0, 0.1) is 10.1 Å². The summed E-state index contributed by atoms with van der Waals surface area (Å²) in [5, 5.41) is 13.1. The highest BCUT2D eigenvalue weighted by Crippen LogP contribution is 2.20. The summed E-state index contributed by atoms with van der Waals surface area (Å²) in [5.74, 6) is -0.781. The first-order chi connectivity index (χ1) is 8.04. The van der Waals surface area contributed by atoms with Gasteiger partial charge >= 0.3 is 11.7 Å². The van der Waals surface area contributed by atoms with Crippen molar-refractivity contribution < 1.29 is 14.5 Å². The third kappa shape index (κ3) is 3.55. The maximum Gasteiger partial charge on any atom is 0.329 e. The summed E-state index contributed by atoms with van der Waals surface area (Å²) in [6.45, 7) is 1.66. The molecule has 0 aromatic carbocycles. The van der Waals surface area contributed by atoms with Crippen LogP contribution in [-0.2, 0) is 9.53 Å². The normalized spacial score (nSPS) is 9.71. The van der Waals surface area contributed by atoms with E-state index < -0.39 is 10.9 Å². The second-order valence-electron chi connectivity index (χ2n) is 2.88. The number of nitrogen functional groups attached to an aromatic ring is 1. The SMILES string of the molecule is CCOC(=O)CNc1nc(N)ncc1[N+](=O)[O-]. The Kier molecular flexibility index (Phi) is 4.14. The second kappa shape index (κ2) is 5.58. The van der Waals surface area contributed by atoms with Gasteiger partial charge in [0.15, 0.2) is 0 Å². The van der Waals surface area contributed by atoms with E-state index in [1.165, 1.54) is 0 Å². The van der Waals surface area contributed by atoms with E-state index in [4.69, 9.17) is 5.73 Å². The fourth-order valence-electron chi connectivity index (χ4n) is 1.02. The summed E-state index contributed by atoms with van der Waals surface area (Å²) in [6.07, 6.45) is 0.968. The Bertz CT molecular complexity index is 436. The highest BCUT2D eigenvalue weighted by Gasteiger charge is 2.17. The van der Waals surface area contributed by atoms with Crippen molar-refractivity contribution in [1.82, 2.24) is 9.97 Å². The molecular formula is C8H11N5O4. The molecule has 1 rings (SSSR count). The van der Waals surface area contributed by atoms with Crippen molar-refractivity contribution in [3.05, 3.63) is 16.3 Å². The number of rotatable bonds is 5. The van der Waals surface area contributed by atoms with Crippen LogP contribution in [-0.4, -0.2) is 34.0 Å². The van der Waals surface area contributed by atoms with Crippen molar-refractivity contribution in [3.63, 3.8) is 0 Å². The van der Waals surface area contributed by atoms with Crippen molar-refractivity contribution in [2.24, 2.45) is 0 Å². The number of nitro groups is 1. The van der Waals surface area contributed by atoms with Crippen molar-refractivity contribution in [2.75, 3.05) is 24.2 Å². The molecule has 0 fully saturated rings. The zero-order chi connectivity index (χ0) is 12.8. The van der Waals surface area contributed by atoms with Crippen molar-refractivity contribution in [1.29, 1.82) is 0 Å². The Balaban J connectivity index is 2.78. The van der Waals surface area contributed by atoms with Gasteiger partial charge in [-0.3, -0.25) is 14.9 Å². The van der Waals surface area contributed by atoms with Gasteiger partial charge in [0.2, 0.25) is 11.8 Å². The molecule has 3 N–H and O–H groups in total. The molecule has 92 valence electrons. The molecule has 0 radical (unpaired) electrons. The summed E-state index contributed by atoms with van der Waals surface area (Å²) in [5.41, 5.74) is 4.93. The minimum absolute atomic E-state index is 0.115. The van der Waals surface area contributed by atoms with E-state index >= 15 is 0 Å². The first kappa shape index (κ1) is 12.6. The average Bonchev–Trinajstić information content (AvgIpc) is 2.26. The van der Waals surface area contributed by atoms with Crippen LogP contribution in [0.15, 0.2) is 6.20 Å². The summed E-state index contributed by atoms with van der Waals surface area (Å²) < 4.78 is 4.65. The molecule has 0 aliphatic carbocycles. The molecule has 9 heteroatoms. The quantitative estimate of drug-likeness (QED) is 0.416. The van der Waals surface area contributed by atoms with E-state index in [0.29, 0.717) is 0 Å². The van der Waals surface area contributed by atoms with Crippen LogP contribution in [0.3, 0.4) is 0 Å². The van der Waals surface area contributed by atoms with Gasteiger partial charge in [-0.1, -0.05) is 0 Å². The molecule has 0 bridgehead atoms. The number of nitrogens with zero attached hydrogens (tertiary/aromatic N) is 3. The first-order valence-electron chi connectivity index (χ1n) is 4.71. The minimum atomic E-state index is -0.674. The van der Waals surface area contributed by atoms with E-state index in [2.05, 4.69) is 20.0 Å². The number of nitrogens with one attached hydrogen (secondary N) is 1. The summed E-state index contributed by atoms with van der Waals surface area (Å²) in [7, 11) is 0. The summed E-state index contributed by atoms with van der Waals surface area (Å²) in [4.78, 5) is 28.1. The smallest absolute Gasteiger partial charge is 0.329 e. The molecule has 1 aromatic heterocycles. The maximum atomic E-state index is 11.1. The molecule has 0 amide bonds. The van der Waals surface area contributed by atoms with Gasteiger partial charge in [0.1, 0.15) is 12.7 Å². The van der Waals surface area contributed by atoms with E-state index in [0.717, 1.165) is 6.20 Å². The summed E-state index contributed by atoms with van der Waals surface area (Å²) >= 11 is 0. The average molecular weight is 241 g/mol. The highest BCUT2D eigenvalue weighted by atomic mass is 16.6. The number of aromatic nitrogens is 2. The fraction of sp³-hybridized carbons (Fsp3) is 0.375. The first-order valence-corrected chi connectivity index (χ1v) is 4.71. The van der Waals surface area contributed by atoms with Crippen LogP contribution >= 0.6 is 0 Å². The van der Waals surface area contributed by atoms with Gasteiger partial charge in [0.25, 0.3) is 0 Å².